The Morgan fingerprint density at radius 2 is 1.85 bits per heavy atom. The van der Waals surface area contributed by atoms with Crippen LogP contribution in [0.1, 0.15) is 16.1 Å². The van der Waals surface area contributed by atoms with Crippen LogP contribution >= 0.6 is 15.9 Å². The largest absolute Gasteiger partial charge is 0.345 e. The van der Waals surface area contributed by atoms with Crippen LogP contribution in [0.25, 0.3) is 17.1 Å². The number of rotatable bonds is 4. The first-order chi connectivity index (χ1) is 13.1. The molecule has 0 bridgehead atoms. The molecule has 0 unspecified atom stereocenters. The summed E-state index contributed by atoms with van der Waals surface area (Å²) < 4.78 is 2.74. The number of halogens is 1. The van der Waals surface area contributed by atoms with E-state index in [4.69, 9.17) is 0 Å². The van der Waals surface area contributed by atoms with E-state index in [1.165, 1.54) is 0 Å². The predicted molar refractivity (Wildman–Crippen MR) is 108 cm³/mol. The summed E-state index contributed by atoms with van der Waals surface area (Å²) in [7, 11) is 0. The maximum Gasteiger partial charge on any atom is 0.259 e. The first-order valence-electron chi connectivity index (χ1n) is 8.33. The van der Waals surface area contributed by atoms with Gasteiger partial charge in [-0.1, -0.05) is 15.9 Å². The molecule has 0 radical (unpaired) electrons. The SMILES string of the molecule is Cc1c(C(=O)Nc2ccc(-c3ncc[nH]3)cc2)cnn1-c1ccc(Br)cc1. The third-order valence-electron chi connectivity index (χ3n) is 4.24. The van der Waals surface area contributed by atoms with Gasteiger partial charge in [-0.3, -0.25) is 4.79 Å². The Morgan fingerprint density at radius 3 is 2.52 bits per heavy atom. The molecule has 27 heavy (non-hydrogen) atoms. The Morgan fingerprint density at radius 1 is 1.11 bits per heavy atom. The van der Waals surface area contributed by atoms with Crippen LogP contribution in [0, 0.1) is 6.92 Å². The Hall–Kier alpha value is -3.19. The van der Waals surface area contributed by atoms with Crippen LogP contribution in [-0.4, -0.2) is 25.7 Å². The zero-order chi connectivity index (χ0) is 18.8. The van der Waals surface area contributed by atoms with Gasteiger partial charge in [-0.05, 0) is 55.5 Å². The topological polar surface area (TPSA) is 75.6 Å². The van der Waals surface area contributed by atoms with Gasteiger partial charge in [0.2, 0.25) is 0 Å². The van der Waals surface area contributed by atoms with Gasteiger partial charge < -0.3 is 10.3 Å². The molecule has 0 aliphatic heterocycles. The second-order valence-electron chi connectivity index (χ2n) is 6.00. The van der Waals surface area contributed by atoms with Gasteiger partial charge in [0, 0.05) is 28.1 Å². The maximum atomic E-state index is 12.7. The molecule has 0 saturated heterocycles. The van der Waals surface area contributed by atoms with Crippen LogP contribution in [-0.2, 0) is 0 Å². The number of nitrogens with one attached hydrogen (secondary N) is 2. The average molecular weight is 422 g/mol. The zero-order valence-corrected chi connectivity index (χ0v) is 16.1. The standard InChI is InChI=1S/C20H16BrN5O/c1-13-18(12-24-26(13)17-8-4-15(21)5-9-17)20(27)25-16-6-2-14(3-7-16)19-22-10-11-23-19/h2-12H,1H3,(H,22,23)(H,25,27). The number of aromatic nitrogens is 4. The minimum Gasteiger partial charge on any atom is -0.345 e. The molecule has 6 nitrogen and oxygen atoms in total. The molecule has 0 atom stereocenters. The molecule has 0 aliphatic carbocycles. The average Bonchev–Trinajstić information content (AvgIpc) is 3.33. The monoisotopic (exact) mass is 421 g/mol. The second-order valence-corrected chi connectivity index (χ2v) is 6.92. The predicted octanol–water partition coefficient (Wildman–Crippen LogP) is 4.59. The minimum atomic E-state index is -0.193. The quantitative estimate of drug-likeness (QED) is 0.505. The van der Waals surface area contributed by atoms with E-state index in [1.54, 1.807) is 23.3 Å². The van der Waals surface area contributed by atoms with Crippen LogP contribution in [0.5, 0.6) is 0 Å². The molecule has 4 aromatic rings. The highest BCUT2D eigenvalue weighted by atomic mass is 79.9. The number of H-pyrrole nitrogens is 1. The zero-order valence-electron chi connectivity index (χ0n) is 14.5. The summed E-state index contributed by atoms with van der Waals surface area (Å²) in [6.07, 6.45) is 5.07. The lowest BCUT2D eigenvalue weighted by molar-refractivity contribution is 0.102. The third-order valence-corrected chi connectivity index (χ3v) is 4.77. The van der Waals surface area contributed by atoms with E-state index in [0.717, 1.165) is 27.2 Å². The summed E-state index contributed by atoms with van der Waals surface area (Å²) in [6.45, 7) is 1.88. The van der Waals surface area contributed by atoms with Crippen molar-refractivity contribution in [3.8, 4) is 17.1 Å². The van der Waals surface area contributed by atoms with Crippen molar-refractivity contribution in [2.45, 2.75) is 6.92 Å². The number of carbonyl (C=O) groups is 1. The third kappa shape index (κ3) is 3.54. The fourth-order valence-corrected chi connectivity index (χ4v) is 3.07. The molecule has 0 saturated carbocycles. The summed E-state index contributed by atoms with van der Waals surface area (Å²) in [5.74, 6) is 0.598. The van der Waals surface area contributed by atoms with Gasteiger partial charge in [-0.25, -0.2) is 9.67 Å². The molecule has 0 spiro atoms. The lowest BCUT2D eigenvalue weighted by Gasteiger charge is -2.07. The molecule has 134 valence electrons. The molecule has 1 amide bonds. The van der Waals surface area contributed by atoms with E-state index >= 15 is 0 Å². The van der Waals surface area contributed by atoms with Crippen LogP contribution in [0.3, 0.4) is 0 Å². The molecule has 2 heterocycles. The first kappa shape index (κ1) is 17.2. The molecule has 4 rings (SSSR count). The van der Waals surface area contributed by atoms with E-state index in [2.05, 4.69) is 36.3 Å². The van der Waals surface area contributed by atoms with Gasteiger partial charge in [0.1, 0.15) is 5.82 Å². The van der Waals surface area contributed by atoms with Crippen LogP contribution in [0.15, 0.2) is 71.6 Å². The second kappa shape index (κ2) is 7.20. The molecular weight excluding hydrogens is 406 g/mol. The Balaban J connectivity index is 1.52. The summed E-state index contributed by atoms with van der Waals surface area (Å²) in [4.78, 5) is 19.9. The molecule has 0 aliphatic rings. The fourth-order valence-electron chi connectivity index (χ4n) is 2.81. The van der Waals surface area contributed by atoms with Crippen molar-refractivity contribution in [2.24, 2.45) is 0 Å². The van der Waals surface area contributed by atoms with Crippen molar-refractivity contribution in [2.75, 3.05) is 5.32 Å². The number of imidazole rings is 1. The van der Waals surface area contributed by atoms with Crippen molar-refractivity contribution in [3.63, 3.8) is 0 Å². The highest BCUT2D eigenvalue weighted by Gasteiger charge is 2.15. The van der Waals surface area contributed by atoms with E-state index in [0.29, 0.717) is 11.3 Å². The summed E-state index contributed by atoms with van der Waals surface area (Å²) in [5, 5.41) is 7.27. The van der Waals surface area contributed by atoms with Gasteiger partial charge in [-0.2, -0.15) is 5.10 Å². The number of nitrogens with zero attached hydrogens (tertiary/aromatic N) is 3. The van der Waals surface area contributed by atoms with Gasteiger partial charge >= 0.3 is 0 Å². The maximum absolute atomic E-state index is 12.7. The Labute approximate surface area is 164 Å². The van der Waals surface area contributed by atoms with Crippen LogP contribution < -0.4 is 5.32 Å². The number of anilines is 1. The molecule has 7 heteroatoms. The van der Waals surface area contributed by atoms with Crippen molar-refractivity contribution in [1.29, 1.82) is 0 Å². The summed E-state index contributed by atoms with van der Waals surface area (Å²) in [5.41, 5.74) is 3.89. The van der Waals surface area contributed by atoms with Gasteiger partial charge in [0.05, 0.1) is 23.1 Å². The normalized spacial score (nSPS) is 10.7. The molecule has 2 aromatic heterocycles. The number of hydrogen-bond donors (Lipinski definition) is 2. The van der Waals surface area contributed by atoms with Gasteiger partial charge in [0.15, 0.2) is 0 Å². The van der Waals surface area contributed by atoms with Crippen molar-refractivity contribution in [3.05, 3.63) is 82.9 Å². The minimum absolute atomic E-state index is 0.193. The summed E-state index contributed by atoms with van der Waals surface area (Å²) in [6, 6.07) is 15.3. The molecule has 2 N–H and O–H groups in total. The molecule has 2 aromatic carbocycles. The highest BCUT2D eigenvalue weighted by molar-refractivity contribution is 9.10. The molecular formula is C20H16BrN5O. The van der Waals surface area contributed by atoms with Gasteiger partial charge in [0.25, 0.3) is 5.91 Å². The lowest BCUT2D eigenvalue weighted by atomic mass is 10.2. The van der Waals surface area contributed by atoms with E-state index in [1.807, 2.05) is 55.5 Å². The number of carbonyl (C=O) groups excluding carboxylic acids is 1. The molecule has 0 fully saturated rings. The summed E-state index contributed by atoms with van der Waals surface area (Å²) >= 11 is 3.42. The van der Waals surface area contributed by atoms with Crippen LogP contribution in [0.4, 0.5) is 5.69 Å². The number of aromatic amines is 1. The Bertz CT molecular complexity index is 1070. The fraction of sp³-hybridized carbons (Fsp3) is 0.0500. The van der Waals surface area contributed by atoms with E-state index in [9.17, 15) is 4.79 Å². The van der Waals surface area contributed by atoms with Crippen LogP contribution in [0.2, 0.25) is 0 Å². The Kier molecular flexibility index (Phi) is 4.60. The number of amides is 1. The first-order valence-corrected chi connectivity index (χ1v) is 9.13. The van der Waals surface area contributed by atoms with Crippen molar-refractivity contribution in [1.82, 2.24) is 19.7 Å². The highest BCUT2D eigenvalue weighted by Crippen LogP contribution is 2.20. The number of benzene rings is 2. The van der Waals surface area contributed by atoms with Gasteiger partial charge in [-0.15, -0.1) is 0 Å². The van der Waals surface area contributed by atoms with E-state index in [-0.39, 0.29) is 5.91 Å². The smallest absolute Gasteiger partial charge is 0.259 e. The van der Waals surface area contributed by atoms with Crippen molar-refractivity contribution >= 4 is 27.5 Å². The number of hydrogen-bond acceptors (Lipinski definition) is 3. The van der Waals surface area contributed by atoms with E-state index < -0.39 is 0 Å². The lowest BCUT2D eigenvalue weighted by Crippen LogP contribution is -2.13. The van der Waals surface area contributed by atoms with Crippen molar-refractivity contribution < 1.29 is 4.79 Å².